The predicted molar refractivity (Wildman–Crippen MR) is 110 cm³/mol. The summed E-state index contributed by atoms with van der Waals surface area (Å²) < 4.78 is 12.4. The van der Waals surface area contributed by atoms with Gasteiger partial charge in [-0.15, -0.1) is 11.3 Å². The lowest BCUT2D eigenvalue weighted by Gasteiger charge is -2.10. The van der Waals surface area contributed by atoms with Gasteiger partial charge in [0.25, 0.3) is 5.56 Å². The van der Waals surface area contributed by atoms with Crippen molar-refractivity contribution < 1.29 is 9.47 Å². The molecule has 142 valence electrons. The van der Waals surface area contributed by atoms with Crippen molar-refractivity contribution in [3.63, 3.8) is 0 Å². The lowest BCUT2D eigenvalue weighted by atomic mass is 10.2. The van der Waals surface area contributed by atoms with E-state index in [0.717, 1.165) is 34.5 Å². The van der Waals surface area contributed by atoms with Crippen LogP contribution < -0.4 is 15.0 Å². The zero-order valence-corrected chi connectivity index (χ0v) is 16.6. The van der Waals surface area contributed by atoms with Crippen molar-refractivity contribution in [1.29, 1.82) is 0 Å². The summed E-state index contributed by atoms with van der Waals surface area (Å²) >= 11 is 1.54. The number of aryl methyl sites for hydroxylation is 1. The number of unbranched alkanes of at least 4 members (excludes halogenated alkanes) is 1. The van der Waals surface area contributed by atoms with Crippen LogP contribution >= 0.6 is 11.3 Å². The summed E-state index contributed by atoms with van der Waals surface area (Å²) in [5.41, 5.74) is 0.647. The van der Waals surface area contributed by atoms with E-state index in [1.165, 1.54) is 11.0 Å². The van der Waals surface area contributed by atoms with E-state index in [1.54, 1.807) is 24.7 Å². The highest BCUT2D eigenvalue weighted by atomic mass is 32.1. The number of fused-ring (bicyclic) bond motifs is 1. The zero-order chi connectivity index (χ0) is 19.2. The highest BCUT2D eigenvalue weighted by molar-refractivity contribution is 7.18. The molecular weight excluding hydrogens is 362 g/mol. The summed E-state index contributed by atoms with van der Waals surface area (Å²) in [5.74, 6) is 1.34. The molecule has 0 atom stereocenters. The second kappa shape index (κ2) is 8.81. The number of aromatic nitrogens is 2. The summed E-state index contributed by atoms with van der Waals surface area (Å²) in [7, 11) is 1.61. The van der Waals surface area contributed by atoms with E-state index in [4.69, 9.17) is 9.47 Å². The van der Waals surface area contributed by atoms with E-state index in [0.29, 0.717) is 23.5 Å². The molecule has 0 N–H and O–H groups in total. The van der Waals surface area contributed by atoms with E-state index in [1.807, 2.05) is 24.3 Å². The molecule has 6 nitrogen and oxygen atoms in total. The van der Waals surface area contributed by atoms with Crippen LogP contribution in [0.4, 0.5) is 0 Å². The van der Waals surface area contributed by atoms with Crippen molar-refractivity contribution in [1.82, 2.24) is 9.66 Å². The maximum absolute atomic E-state index is 12.6. The van der Waals surface area contributed by atoms with Gasteiger partial charge >= 0.3 is 0 Å². The van der Waals surface area contributed by atoms with E-state index in [-0.39, 0.29) is 5.56 Å². The second-order valence-corrected chi connectivity index (χ2v) is 7.15. The zero-order valence-electron chi connectivity index (χ0n) is 15.8. The molecule has 2 aromatic heterocycles. The van der Waals surface area contributed by atoms with Gasteiger partial charge in [0.05, 0.1) is 25.3 Å². The Labute approximate surface area is 162 Å². The summed E-state index contributed by atoms with van der Waals surface area (Å²) in [4.78, 5) is 18.8. The van der Waals surface area contributed by atoms with Gasteiger partial charge in [-0.05, 0) is 42.7 Å². The molecule has 0 aliphatic carbocycles. The minimum atomic E-state index is -0.167. The fourth-order valence-corrected chi connectivity index (χ4v) is 3.49. The topological polar surface area (TPSA) is 65.7 Å². The van der Waals surface area contributed by atoms with Gasteiger partial charge in [-0.25, -0.2) is 4.98 Å². The van der Waals surface area contributed by atoms with Crippen molar-refractivity contribution in [2.75, 3.05) is 13.7 Å². The third-order valence-corrected chi connectivity index (χ3v) is 5.30. The first-order valence-corrected chi connectivity index (χ1v) is 9.83. The van der Waals surface area contributed by atoms with E-state index in [2.05, 4.69) is 23.9 Å². The van der Waals surface area contributed by atoms with Gasteiger partial charge in [0, 0.05) is 4.88 Å². The lowest BCUT2D eigenvalue weighted by molar-refractivity contribution is 0.288. The molecule has 1 aromatic carbocycles. The van der Waals surface area contributed by atoms with Crippen LogP contribution in [0.5, 0.6) is 11.5 Å². The molecule has 0 fully saturated rings. The quantitative estimate of drug-likeness (QED) is 0.433. The molecule has 0 saturated heterocycles. The number of thiophene rings is 1. The molecule has 3 rings (SSSR count). The molecule has 0 spiro atoms. The SMILES string of the molecule is CCCCOc1cc(/C=N\n2cnc3sc(CC)cc3c2=O)ccc1OC. The lowest BCUT2D eigenvalue weighted by Crippen LogP contribution is -2.16. The summed E-state index contributed by atoms with van der Waals surface area (Å²) in [6.07, 6.45) is 6.00. The highest BCUT2D eigenvalue weighted by Crippen LogP contribution is 2.27. The van der Waals surface area contributed by atoms with Gasteiger partial charge in [-0.3, -0.25) is 4.79 Å². The van der Waals surface area contributed by atoms with Crippen molar-refractivity contribution in [3.8, 4) is 11.5 Å². The van der Waals surface area contributed by atoms with Crippen molar-refractivity contribution >= 4 is 27.8 Å². The van der Waals surface area contributed by atoms with Crippen molar-refractivity contribution in [3.05, 3.63) is 51.4 Å². The number of ether oxygens (including phenoxy) is 2. The van der Waals surface area contributed by atoms with Crippen molar-refractivity contribution in [2.24, 2.45) is 5.10 Å². The summed E-state index contributed by atoms with van der Waals surface area (Å²) in [6, 6.07) is 7.45. The van der Waals surface area contributed by atoms with Gasteiger partial charge in [-0.1, -0.05) is 20.3 Å². The van der Waals surface area contributed by atoms with Gasteiger partial charge in [-0.2, -0.15) is 9.78 Å². The maximum atomic E-state index is 12.6. The third-order valence-electron chi connectivity index (χ3n) is 4.11. The largest absolute Gasteiger partial charge is 0.493 e. The third kappa shape index (κ3) is 4.36. The number of nitrogens with zero attached hydrogens (tertiary/aromatic N) is 3. The average molecular weight is 385 g/mol. The van der Waals surface area contributed by atoms with Crippen LogP contribution in [0.15, 0.2) is 40.5 Å². The number of hydrogen-bond acceptors (Lipinski definition) is 6. The number of methoxy groups -OCH3 is 1. The molecule has 0 bridgehead atoms. The number of rotatable bonds is 8. The molecule has 3 aromatic rings. The minimum absolute atomic E-state index is 0.167. The summed E-state index contributed by atoms with van der Waals surface area (Å²) in [6.45, 7) is 4.81. The molecule has 0 unspecified atom stereocenters. The molecule has 7 heteroatoms. The van der Waals surface area contributed by atoms with Crippen LogP contribution in [0.1, 0.15) is 37.1 Å². The van der Waals surface area contributed by atoms with Gasteiger partial charge in [0.2, 0.25) is 0 Å². The normalized spacial score (nSPS) is 11.4. The second-order valence-electron chi connectivity index (χ2n) is 6.04. The Bertz CT molecular complexity index is 1010. The Morgan fingerprint density at radius 1 is 1.26 bits per heavy atom. The van der Waals surface area contributed by atoms with E-state index in [9.17, 15) is 4.79 Å². The summed E-state index contributed by atoms with van der Waals surface area (Å²) in [5, 5.41) is 4.89. The Kier molecular flexibility index (Phi) is 6.24. The van der Waals surface area contributed by atoms with Crippen LogP contribution in [0.3, 0.4) is 0 Å². The number of benzene rings is 1. The molecule has 0 saturated carbocycles. The predicted octanol–water partition coefficient (Wildman–Crippen LogP) is 4.09. The van der Waals surface area contributed by atoms with Gasteiger partial charge in [0.15, 0.2) is 11.5 Å². The smallest absolute Gasteiger partial charge is 0.282 e. The standard InChI is InChI=1S/C20H23N3O3S/c1-4-6-9-26-18-10-14(7-8-17(18)25-3)12-22-23-13-21-19-16(20(23)24)11-15(5-2)27-19/h7-8,10-13H,4-6,9H2,1-3H3/b22-12-. The van der Waals surface area contributed by atoms with Crippen LogP contribution in [-0.4, -0.2) is 29.6 Å². The number of hydrogen-bond donors (Lipinski definition) is 0. The van der Waals surface area contributed by atoms with E-state index >= 15 is 0 Å². The molecular formula is C20H23N3O3S. The minimum Gasteiger partial charge on any atom is -0.493 e. The molecule has 0 aliphatic rings. The first-order valence-electron chi connectivity index (χ1n) is 9.01. The van der Waals surface area contributed by atoms with Crippen LogP contribution in [-0.2, 0) is 6.42 Å². The fraction of sp³-hybridized carbons (Fsp3) is 0.350. The first-order chi connectivity index (χ1) is 13.2. The monoisotopic (exact) mass is 385 g/mol. The first kappa shape index (κ1) is 19.1. The van der Waals surface area contributed by atoms with Crippen molar-refractivity contribution in [2.45, 2.75) is 33.1 Å². The van der Waals surface area contributed by atoms with Crippen LogP contribution in [0.25, 0.3) is 10.2 Å². The van der Waals surface area contributed by atoms with Crippen LogP contribution in [0.2, 0.25) is 0 Å². The Morgan fingerprint density at radius 2 is 2.11 bits per heavy atom. The van der Waals surface area contributed by atoms with E-state index < -0.39 is 0 Å². The average Bonchev–Trinajstić information content (AvgIpc) is 3.12. The Morgan fingerprint density at radius 3 is 2.85 bits per heavy atom. The molecule has 0 radical (unpaired) electrons. The van der Waals surface area contributed by atoms with Gasteiger partial charge in [0.1, 0.15) is 11.2 Å². The van der Waals surface area contributed by atoms with Crippen LogP contribution in [0, 0.1) is 0 Å². The fourth-order valence-electron chi connectivity index (χ4n) is 2.56. The van der Waals surface area contributed by atoms with Gasteiger partial charge < -0.3 is 9.47 Å². The Balaban J connectivity index is 1.87. The molecule has 27 heavy (non-hydrogen) atoms. The molecule has 2 heterocycles. The highest BCUT2D eigenvalue weighted by Gasteiger charge is 2.08. The maximum Gasteiger partial charge on any atom is 0.282 e. The Hall–Kier alpha value is -2.67. The molecule has 0 aliphatic heterocycles. The molecule has 0 amide bonds.